The standard InChI is InChI=1S/2C19H16O.C18H12F2O/c1-14-4-2-5-15(12-14)8-9-16-10-11-18-17(13-16)6-3-7-19(18)20;1-14-5-7-15(8-6-14)9-10-16-11-12-18-17(13-16)3-2-4-19(18)20;19-15-9-13(10-16(20)11-15)5-4-12-6-7-17-14(8-12)2-1-3-18(17)21/h2,4-5,10-13H,3,6-7H2,1H3;5-8,11-13H,2-4H2,1H3;6-11H,1-3H2. The third-order valence-corrected chi connectivity index (χ3v) is 10.8. The van der Waals surface area contributed by atoms with Crippen LogP contribution in [0, 0.1) is 61.0 Å². The summed E-state index contributed by atoms with van der Waals surface area (Å²) in [6, 6.07) is 36.9. The molecule has 6 aromatic carbocycles. The Morgan fingerprint density at radius 2 is 0.738 bits per heavy atom. The zero-order valence-corrected chi connectivity index (χ0v) is 34.4. The van der Waals surface area contributed by atoms with Crippen molar-refractivity contribution < 1.29 is 23.2 Å². The van der Waals surface area contributed by atoms with E-state index < -0.39 is 11.6 Å². The number of halogens is 2. The molecular weight excluding hydrogens is 759 g/mol. The topological polar surface area (TPSA) is 51.2 Å². The number of aryl methyl sites for hydroxylation is 5. The number of hydrogen-bond donors (Lipinski definition) is 0. The molecule has 0 unspecified atom stereocenters. The van der Waals surface area contributed by atoms with Crippen molar-refractivity contribution >= 4 is 17.3 Å². The molecule has 0 aromatic heterocycles. The van der Waals surface area contributed by atoms with Crippen molar-refractivity contribution in [3.05, 3.63) is 211 Å². The van der Waals surface area contributed by atoms with Gasteiger partial charge in [0.2, 0.25) is 0 Å². The minimum absolute atomic E-state index is 0.169. The SMILES string of the molecule is Cc1ccc(C#Cc2ccc3c(c2)CCCC3=O)cc1.Cc1cccc(C#Cc2ccc3c(c2)CCCC3=O)c1.O=C1CCCc2cc(C#Cc3cc(F)cc(F)c3)ccc21. The predicted molar refractivity (Wildman–Crippen MR) is 238 cm³/mol. The predicted octanol–water partition coefficient (Wildman–Crippen LogP) is 11.7. The number of fused-ring (bicyclic) bond motifs is 3. The van der Waals surface area contributed by atoms with Crippen LogP contribution in [-0.4, -0.2) is 17.3 Å². The van der Waals surface area contributed by atoms with E-state index in [0.29, 0.717) is 24.8 Å². The van der Waals surface area contributed by atoms with Gasteiger partial charge in [0.15, 0.2) is 17.3 Å². The highest BCUT2D eigenvalue weighted by atomic mass is 19.1. The van der Waals surface area contributed by atoms with E-state index in [-0.39, 0.29) is 17.3 Å². The zero-order chi connectivity index (χ0) is 42.7. The van der Waals surface area contributed by atoms with Crippen molar-refractivity contribution in [2.24, 2.45) is 0 Å². The number of hydrogen-bond acceptors (Lipinski definition) is 3. The third-order valence-electron chi connectivity index (χ3n) is 10.8. The van der Waals surface area contributed by atoms with Crippen molar-refractivity contribution in [3.63, 3.8) is 0 Å². The van der Waals surface area contributed by atoms with Crippen molar-refractivity contribution in [2.45, 2.75) is 71.6 Å². The summed E-state index contributed by atoms with van der Waals surface area (Å²) in [4.78, 5) is 35.3. The second-order valence-electron chi connectivity index (χ2n) is 15.6. The number of ketones is 3. The van der Waals surface area contributed by atoms with E-state index in [1.807, 2.05) is 54.6 Å². The quantitative estimate of drug-likeness (QED) is 0.144. The highest BCUT2D eigenvalue weighted by Crippen LogP contribution is 2.24. The first-order chi connectivity index (χ1) is 29.6. The fourth-order valence-corrected chi connectivity index (χ4v) is 7.59. The minimum Gasteiger partial charge on any atom is -0.294 e. The monoisotopic (exact) mass is 802 g/mol. The molecule has 0 saturated carbocycles. The van der Waals surface area contributed by atoms with Crippen LogP contribution in [0.1, 0.15) is 131 Å². The van der Waals surface area contributed by atoms with Gasteiger partial charge in [-0.15, -0.1) is 0 Å². The number of carbonyl (C=O) groups is 3. The van der Waals surface area contributed by atoms with Gasteiger partial charge in [-0.2, -0.15) is 0 Å². The van der Waals surface area contributed by atoms with Gasteiger partial charge >= 0.3 is 0 Å². The van der Waals surface area contributed by atoms with E-state index in [1.165, 1.54) is 23.3 Å². The second kappa shape index (κ2) is 19.7. The highest BCUT2D eigenvalue weighted by Gasteiger charge is 2.18. The Labute approximate surface area is 357 Å². The number of benzene rings is 6. The molecule has 0 saturated heterocycles. The summed E-state index contributed by atoms with van der Waals surface area (Å²) in [5, 5.41) is 0. The Morgan fingerprint density at radius 3 is 1.16 bits per heavy atom. The first-order valence-corrected chi connectivity index (χ1v) is 20.7. The molecule has 0 amide bonds. The summed E-state index contributed by atoms with van der Waals surface area (Å²) in [6.45, 7) is 4.13. The Hall–Kier alpha value is -7.13. The van der Waals surface area contributed by atoms with Crippen LogP contribution in [0.25, 0.3) is 0 Å². The molecule has 0 heterocycles. The molecule has 0 N–H and O–H groups in total. The van der Waals surface area contributed by atoms with Crippen LogP contribution >= 0.6 is 0 Å². The summed E-state index contributed by atoms with van der Waals surface area (Å²) in [7, 11) is 0. The van der Waals surface area contributed by atoms with Crippen molar-refractivity contribution in [1.82, 2.24) is 0 Å². The van der Waals surface area contributed by atoms with Crippen LogP contribution in [0.15, 0.2) is 121 Å². The molecular formula is C56H44F2O3. The van der Waals surface area contributed by atoms with Crippen LogP contribution in [0.4, 0.5) is 8.78 Å². The van der Waals surface area contributed by atoms with Gasteiger partial charge in [-0.1, -0.05) is 65.4 Å². The maximum Gasteiger partial charge on any atom is 0.163 e. The van der Waals surface area contributed by atoms with Gasteiger partial charge in [-0.05, 0) is 166 Å². The number of carbonyl (C=O) groups excluding carboxylic acids is 3. The van der Waals surface area contributed by atoms with Crippen molar-refractivity contribution in [1.29, 1.82) is 0 Å². The third kappa shape index (κ3) is 11.5. The number of rotatable bonds is 0. The molecule has 0 aliphatic heterocycles. The molecule has 0 fully saturated rings. The summed E-state index contributed by atoms with van der Waals surface area (Å²) in [6.07, 6.45) is 7.58. The first kappa shape index (κ1) is 42.0. The molecule has 0 radical (unpaired) electrons. The summed E-state index contributed by atoms with van der Waals surface area (Å²) in [5.41, 5.74) is 13.4. The van der Waals surface area contributed by atoms with Crippen molar-refractivity contribution in [3.8, 4) is 35.5 Å². The summed E-state index contributed by atoms with van der Waals surface area (Å²) in [5.74, 6) is 17.8. The van der Waals surface area contributed by atoms with Gasteiger partial charge in [0.25, 0.3) is 0 Å². The Balaban J connectivity index is 0.000000138. The zero-order valence-electron chi connectivity index (χ0n) is 34.4. The molecule has 0 spiro atoms. The lowest BCUT2D eigenvalue weighted by atomic mass is 9.89. The lowest BCUT2D eigenvalue weighted by Gasteiger charge is -2.14. The van der Waals surface area contributed by atoms with Crippen LogP contribution in [0.3, 0.4) is 0 Å². The van der Waals surface area contributed by atoms with Crippen LogP contribution in [0.5, 0.6) is 0 Å². The Morgan fingerprint density at radius 1 is 0.361 bits per heavy atom. The van der Waals surface area contributed by atoms with E-state index in [0.717, 1.165) is 106 Å². The van der Waals surface area contributed by atoms with Crippen LogP contribution < -0.4 is 0 Å². The molecule has 0 atom stereocenters. The molecule has 61 heavy (non-hydrogen) atoms. The van der Waals surface area contributed by atoms with Gasteiger partial charge in [0, 0.05) is 75.4 Å². The largest absolute Gasteiger partial charge is 0.294 e. The summed E-state index contributed by atoms with van der Waals surface area (Å²) >= 11 is 0. The van der Waals surface area contributed by atoms with Crippen LogP contribution in [0.2, 0.25) is 0 Å². The molecule has 3 aliphatic rings. The second-order valence-corrected chi connectivity index (χ2v) is 15.6. The fraction of sp³-hybridized carbons (Fsp3) is 0.196. The highest BCUT2D eigenvalue weighted by molar-refractivity contribution is 5.99. The maximum atomic E-state index is 13.1. The average molecular weight is 803 g/mol. The molecule has 9 rings (SSSR count). The Kier molecular flexibility index (Phi) is 13.6. The molecule has 3 aliphatic carbocycles. The smallest absolute Gasteiger partial charge is 0.163 e. The van der Waals surface area contributed by atoms with E-state index in [4.69, 9.17) is 0 Å². The van der Waals surface area contributed by atoms with E-state index in [1.54, 1.807) is 12.1 Å². The molecule has 0 bridgehead atoms. The van der Waals surface area contributed by atoms with E-state index in [9.17, 15) is 23.2 Å². The molecule has 300 valence electrons. The van der Waals surface area contributed by atoms with Gasteiger partial charge in [-0.3, -0.25) is 14.4 Å². The van der Waals surface area contributed by atoms with Crippen molar-refractivity contribution in [2.75, 3.05) is 0 Å². The number of Topliss-reactive ketones (excluding diaryl/α,β-unsaturated/α-hetero) is 3. The lowest BCUT2D eigenvalue weighted by Crippen LogP contribution is -2.10. The van der Waals surface area contributed by atoms with Gasteiger partial charge < -0.3 is 0 Å². The van der Waals surface area contributed by atoms with Gasteiger partial charge in [0.05, 0.1) is 0 Å². The van der Waals surface area contributed by atoms with Gasteiger partial charge in [0.1, 0.15) is 11.6 Å². The molecule has 5 heteroatoms. The Bertz CT molecular complexity index is 2830. The minimum atomic E-state index is -0.643. The fourth-order valence-electron chi connectivity index (χ4n) is 7.59. The summed E-state index contributed by atoms with van der Waals surface area (Å²) < 4.78 is 26.2. The normalized spacial score (nSPS) is 13.3. The van der Waals surface area contributed by atoms with E-state index >= 15 is 0 Å². The maximum absolute atomic E-state index is 13.1. The van der Waals surface area contributed by atoms with Crippen LogP contribution in [-0.2, 0) is 19.3 Å². The molecule has 6 aromatic rings. The van der Waals surface area contributed by atoms with Gasteiger partial charge in [-0.25, -0.2) is 8.78 Å². The average Bonchev–Trinajstić information content (AvgIpc) is 3.25. The van der Waals surface area contributed by atoms with E-state index in [2.05, 4.69) is 85.8 Å². The lowest BCUT2D eigenvalue weighted by molar-refractivity contribution is 0.0964. The molecule has 3 nitrogen and oxygen atoms in total. The first-order valence-electron chi connectivity index (χ1n) is 20.7.